The van der Waals surface area contributed by atoms with Crippen LogP contribution in [0.3, 0.4) is 0 Å². The fourth-order valence-corrected chi connectivity index (χ4v) is 4.23. The summed E-state index contributed by atoms with van der Waals surface area (Å²) < 4.78 is 0. The van der Waals surface area contributed by atoms with Gasteiger partial charge in [0.2, 0.25) is 0 Å². The first-order valence-electron chi connectivity index (χ1n) is 7.85. The van der Waals surface area contributed by atoms with Gasteiger partial charge in [0.15, 0.2) is 0 Å². The Morgan fingerprint density at radius 3 is 2.47 bits per heavy atom. The van der Waals surface area contributed by atoms with Gasteiger partial charge in [-0.05, 0) is 30.1 Å². The average molecular weight is 264 g/mol. The normalized spacial score (nSPS) is 34.8. The van der Waals surface area contributed by atoms with E-state index in [4.69, 9.17) is 5.11 Å². The van der Waals surface area contributed by atoms with Crippen LogP contribution in [0.4, 0.5) is 0 Å². The zero-order valence-electron chi connectivity index (χ0n) is 12.4. The third kappa shape index (κ3) is 2.48. The maximum absolute atomic E-state index is 8.98. The molecule has 2 atom stereocenters. The van der Waals surface area contributed by atoms with Gasteiger partial charge in [-0.2, -0.15) is 0 Å². The van der Waals surface area contributed by atoms with E-state index < -0.39 is 0 Å². The molecule has 4 aliphatic rings. The van der Waals surface area contributed by atoms with E-state index in [-0.39, 0.29) is 0 Å². The van der Waals surface area contributed by atoms with Crippen LogP contribution in [0.2, 0.25) is 0 Å². The summed E-state index contributed by atoms with van der Waals surface area (Å²) in [6.07, 6.45) is 5.27. The largest absolute Gasteiger partial charge is 0.395 e. The van der Waals surface area contributed by atoms with Crippen LogP contribution in [0.1, 0.15) is 26.7 Å². The van der Waals surface area contributed by atoms with Crippen molar-refractivity contribution in [3.05, 3.63) is 11.6 Å². The van der Waals surface area contributed by atoms with Gasteiger partial charge >= 0.3 is 0 Å². The molecule has 1 N–H and O–H groups in total. The monoisotopic (exact) mass is 264 g/mol. The number of fused-ring (bicyclic) bond motifs is 1. The summed E-state index contributed by atoms with van der Waals surface area (Å²) in [6.45, 7) is 11.8. The van der Waals surface area contributed by atoms with Gasteiger partial charge in [0, 0.05) is 39.3 Å². The van der Waals surface area contributed by atoms with E-state index in [2.05, 4.69) is 29.7 Å². The SMILES string of the molecule is CC1(C)C2CC=C(CN3CCN(CCO)CC3)C1C2. The van der Waals surface area contributed by atoms with E-state index in [0.717, 1.165) is 44.6 Å². The highest BCUT2D eigenvalue weighted by molar-refractivity contribution is 5.24. The summed E-state index contributed by atoms with van der Waals surface area (Å²) in [4.78, 5) is 4.98. The second-order valence-electron chi connectivity index (χ2n) is 7.16. The number of hydrogen-bond donors (Lipinski definition) is 1. The van der Waals surface area contributed by atoms with E-state index in [1.54, 1.807) is 5.57 Å². The van der Waals surface area contributed by atoms with Crippen LogP contribution in [0, 0.1) is 17.3 Å². The minimum Gasteiger partial charge on any atom is -0.395 e. The first-order chi connectivity index (χ1) is 9.11. The Balaban J connectivity index is 1.52. The van der Waals surface area contributed by atoms with Crippen molar-refractivity contribution in [1.82, 2.24) is 9.80 Å². The fraction of sp³-hybridized carbons (Fsp3) is 0.875. The summed E-state index contributed by atoms with van der Waals surface area (Å²) in [6, 6.07) is 0. The van der Waals surface area contributed by atoms with E-state index in [9.17, 15) is 0 Å². The first kappa shape index (κ1) is 13.6. The molecule has 108 valence electrons. The summed E-state index contributed by atoms with van der Waals surface area (Å²) in [7, 11) is 0. The zero-order chi connectivity index (χ0) is 13.5. The molecule has 1 saturated carbocycles. The molecular weight excluding hydrogens is 236 g/mol. The molecule has 1 aliphatic heterocycles. The predicted octanol–water partition coefficient (Wildman–Crippen LogP) is 1.59. The Morgan fingerprint density at radius 1 is 1.21 bits per heavy atom. The first-order valence-corrected chi connectivity index (χ1v) is 7.85. The lowest BCUT2D eigenvalue weighted by Gasteiger charge is -2.57. The highest BCUT2D eigenvalue weighted by Gasteiger charge is 2.51. The summed E-state index contributed by atoms with van der Waals surface area (Å²) in [5.41, 5.74) is 2.27. The number of allylic oxidation sites excluding steroid dienone is 1. The molecule has 3 aliphatic carbocycles. The minimum atomic E-state index is 0.294. The smallest absolute Gasteiger partial charge is 0.0558 e. The highest BCUT2D eigenvalue weighted by Crippen LogP contribution is 2.59. The Hall–Kier alpha value is -0.380. The van der Waals surface area contributed by atoms with E-state index >= 15 is 0 Å². The lowest BCUT2D eigenvalue weighted by atomic mass is 9.49. The summed E-state index contributed by atoms with van der Waals surface area (Å²) in [5, 5.41) is 8.98. The van der Waals surface area contributed by atoms with Gasteiger partial charge in [-0.1, -0.05) is 25.5 Å². The minimum absolute atomic E-state index is 0.294. The molecule has 0 aromatic carbocycles. The number of aliphatic hydroxyl groups is 1. The van der Waals surface area contributed by atoms with Crippen molar-refractivity contribution in [3.8, 4) is 0 Å². The molecule has 0 aromatic rings. The van der Waals surface area contributed by atoms with Gasteiger partial charge in [0.1, 0.15) is 0 Å². The van der Waals surface area contributed by atoms with Crippen LogP contribution in [0.5, 0.6) is 0 Å². The van der Waals surface area contributed by atoms with Crippen molar-refractivity contribution >= 4 is 0 Å². The van der Waals surface area contributed by atoms with Crippen LogP contribution < -0.4 is 0 Å². The molecule has 2 bridgehead atoms. The fourth-order valence-electron chi connectivity index (χ4n) is 4.23. The topological polar surface area (TPSA) is 26.7 Å². The van der Waals surface area contributed by atoms with Crippen LogP contribution in [-0.4, -0.2) is 60.8 Å². The number of rotatable bonds is 4. The number of nitrogens with zero attached hydrogens (tertiary/aromatic N) is 2. The Bertz CT molecular complexity index is 356. The molecule has 3 nitrogen and oxygen atoms in total. The quantitative estimate of drug-likeness (QED) is 0.781. The van der Waals surface area contributed by atoms with Crippen LogP contribution >= 0.6 is 0 Å². The van der Waals surface area contributed by atoms with Crippen LogP contribution in [0.15, 0.2) is 11.6 Å². The van der Waals surface area contributed by atoms with Gasteiger partial charge < -0.3 is 5.11 Å². The van der Waals surface area contributed by atoms with Crippen molar-refractivity contribution in [3.63, 3.8) is 0 Å². The molecule has 4 rings (SSSR count). The van der Waals surface area contributed by atoms with Crippen molar-refractivity contribution in [2.75, 3.05) is 45.9 Å². The van der Waals surface area contributed by atoms with E-state index in [0.29, 0.717) is 12.0 Å². The van der Waals surface area contributed by atoms with Crippen molar-refractivity contribution in [1.29, 1.82) is 0 Å². The second-order valence-corrected chi connectivity index (χ2v) is 7.16. The lowest BCUT2D eigenvalue weighted by Crippen LogP contribution is -2.52. The standard InChI is InChI=1S/C16H28N2O/c1-16(2)14-4-3-13(15(16)11-14)12-18-7-5-17(6-8-18)9-10-19/h3,14-15,19H,4-12H2,1-2H3. The second kappa shape index (κ2) is 5.19. The molecule has 0 radical (unpaired) electrons. The highest BCUT2D eigenvalue weighted by atomic mass is 16.3. The average Bonchev–Trinajstić information content (AvgIpc) is 2.41. The third-order valence-corrected chi connectivity index (χ3v) is 5.87. The molecule has 0 amide bonds. The summed E-state index contributed by atoms with van der Waals surface area (Å²) in [5.74, 6) is 1.80. The molecule has 0 aromatic heterocycles. The van der Waals surface area contributed by atoms with Gasteiger partial charge in [-0.25, -0.2) is 0 Å². The maximum Gasteiger partial charge on any atom is 0.0558 e. The molecule has 3 heteroatoms. The van der Waals surface area contributed by atoms with E-state index in [1.165, 1.54) is 19.4 Å². The molecule has 2 fully saturated rings. The molecular formula is C16H28N2O. The molecule has 0 spiro atoms. The molecule has 19 heavy (non-hydrogen) atoms. The van der Waals surface area contributed by atoms with Crippen molar-refractivity contribution in [2.24, 2.45) is 17.3 Å². The van der Waals surface area contributed by atoms with Crippen molar-refractivity contribution < 1.29 is 5.11 Å². The summed E-state index contributed by atoms with van der Waals surface area (Å²) >= 11 is 0. The van der Waals surface area contributed by atoms with Gasteiger partial charge in [-0.3, -0.25) is 9.80 Å². The molecule has 1 heterocycles. The van der Waals surface area contributed by atoms with Crippen LogP contribution in [0.25, 0.3) is 0 Å². The van der Waals surface area contributed by atoms with Crippen molar-refractivity contribution in [2.45, 2.75) is 26.7 Å². The van der Waals surface area contributed by atoms with E-state index in [1.807, 2.05) is 0 Å². The molecule has 1 saturated heterocycles. The third-order valence-electron chi connectivity index (χ3n) is 5.87. The number of piperazine rings is 1. The Morgan fingerprint density at radius 2 is 1.89 bits per heavy atom. The van der Waals surface area contributed by atoms with Gasteiger partial charge in [-0.15, -0.1) is 0 Å². The number of aliphatic hydroxyl groups excluding tert-OH is 1. The lowest BCUT2D eigenvalue weighted by molar-refractivity contribution is -0.0122. The Kier molecular flexibility index (Phi) is 3.71. The maximum atomic E-state index is 8.98. The number of hydrogen-bond acceptors (Lipinski definition) is 3. The van der Waals surface area contributed by atoms with Gasteiger partial charge in [0.25, 0.3) is 0 Å². The van der Waals surface area contributed by atoms with Gasteiger partial charge in [0.05, 0.1) is 6.61 Å². The number of β-amino-alcohol motifs (C(OH)–C–C–N with tert-alkyl or cyclic N) is 1. The van der Waals surface area contributed by atoms with Crippen LogP contribution in [-0.2, 0) is 0 Å². The zero-order valence-corrected chi connectivity index (χ0v) is 12.4. The molecule has 2 unspecified atom stereocenters. The Labute approximate surface area is 117 Å². The predicted molar refractivity (Wildman–Crippen MR) is 78.0 cm³/mol.